The quantitative estimate of drug-likeness (QED) is 0.754. The number of piperidine rings is 1. The second-order valence-corrected chi connectivity index (χ2v) is 4.97. The Balaban J connectivity index is 2.71. The summed E-state index contributed by atoms with van der Waals surface area (Å²) in [6.07, 6.45) is 2.24. The molecule has 0 aromatic rings. The minimum atomic E-state index is -0.280. The van der Waals surface area contributed by atoms with E-state index in [-0.39, 0.29) is 29.8 Å². The fraction of sp³-hybridized carbons (Fsp3) is 0.846. The largest absolute Gasteiger partial charge is 0.469 e. The van der Waals surface area contributed by atoms with E-state index in [0.717, 1.165) is 12.8 Å². The third-order valence-electron chi connectivity index (χ3n) is 3.66. The summed E-state index contributed by atoms with van der Waals surface area (Å²) in [6.45, 7) is 5.00. The highest BCUT2D eigenvalue weighted by Crippen LogP contribution is 2.21. The Bertz CT molecular complexity index is 303. The number of nitrogens with two attached hydrogens (primary N) is 1. The molecule has 2 atom stereocenters. The van der Waals surface area contributed by atoms with Crippen molar-refractivity contribution in [2.24, 2.45) is 17.6 Å². The molecular weight excluding hydrogens is 232 g/mol. The number of rotatable bonds is 4. The van der Waals surface area contributed by atoms with Crippen LogP contribution in [0.5, 0.6) is 0 Å². The van der Waals surface area contributed by atoms with E-state index in [9.17, 15) is 9.59 Å². The zero-order valence-corrected chi connectivity index (χ0v) is 11.5. The van der Waals surface area contributed by atoms with E-state index in [4.69, 9.17) is 10.5 Å². The zero-order valence-electron chi connectivity index (χ0n) is 11.5. The molecule has 18 heavy (non-hydrogen) atoms. The summed E-state index contributed by atoms with van der Waals surface area (Å²) in [4.78, 5) is 25.6. The molecule has 1 aliphatic heterocycles. The van der Waals surface area contributed by atoms with Gasteiger partial charge in [-0.15, -0.1) is 0 Å². The monoisotopic (exact) mass is 256 g/mol. The van der Waals surface area contributed by atoms with E-state index in [1.807, 2.05) is 13.8 Å². The van der Waals surface area contributed by atoms with E-state index < -0.39 is 0 Å². The summed E-state index contributed by atoms with van der Waals surface area (Å²) in [5, 5.41) is 0. The van der Waals surface area contributed by atoms with Gasteiger partial charge in [0.1, 0.15) is 0 Å². The fourth-order valence-corrected chi connectivity index (χ4v) is 2.55. The van der Waals surface area contributed by atoms with Crippen LogP contribution in [0.25, 0.3) is 0 Å². The van der Waals surface area contributed by atoms with Crippen molar-refractivity contribution in [3.8, 4) is 0 Å². The first-order chi connectivity index (χ1) is 8.53. The van der Waals surface area contributed by atoms with Crippen molar-refractivity contribution in [1.82, 2.24) is 4.90 Å². The van der Waals surface area contributed by atoms with Crippen LogP contribution in [0.2, 0.25) is 0 Å². The Hall–Kier alpha value is -1.10. The highest BCUT2D eigenvalue weighted by molar-refractivity contribution is 5.80. The van der Waals surface area contributed by atoms with Gasteiger partial charge in [-0.2, -0.15) is 0 Å². The number of likely N-dealkylation sites (tertiary alicyclic amines) is 1. The molecule has 5 nitrogen and oxygen atoms in total. The molecule has 1 fully saturated rings. The first-order valence-electron chi connectivity index (χ1n) is 6.65. The van der Waals surface area contributed by atoms with E-state index >= 15 is 0 Å². The Labute approximate surface area is 109 Å². The smallest absolute Gasteiger partial charge is 0.310 e. The summed E-state index contributed by atoms with van der Waals surface area (Å²) in [5.41, 5.74) is 5.93. The molecule has 1 saturated heterocycles. The van der Waals surface area contributed by atoms with Crippen molar-refractivity contribution in [1.29, 1.82) is 0 Å². The first-order valence-corrected chi connectivity index (χ1v) is 6.65. The average Bonchev–Trinajstić information content (AvgIpc) is 2.38. The van der Waals surface area contributed by atoms with Gasteiger partial charge in [0.2, 0.25) is 5.91 Å². The highest BCUT2D eigenvalue weighted by Gasteiger charge is 2.34. The van der Waals surface area contributed by atoms with Gasteiger partial charge in [0.15, 0.2) is 0 Å². The van der Waals surface area contributed by atoms with E-state index in [1.54, 1.807) is 4.90 Å². The number of hydrogen-bond acceptors (Lipinski definition) is 4. The Morgan fingerprint density at radius 1 is 1.33 bits per heavy atom. The lowest BCUT2D eigenvalue weighted by molar-refractivity contribution is -0.150. The lowest BCUT2D eigenvalue weighted by Crippen LogP contribution is -2.52. The second-order valence-electron chi connectivity index (χ2n) is 4.97. The number of methoxy groups -OCH3 is 1. The number of carbonyl (C=O) groups excluding carboxylic acids is 2. The SMILES string of the molecule is CCC(CC)C(=O)N1CC(N)CC(C(=O)OC)C1. The third kappa shape index (κ3) is 3.45. The van der Waals surface area contributed by atoms with E-state index in [0.29, 0.717) is 19.5 Å². The van der Waals surface area contributed by atoms with Crippen LogP contribution in [0.1, 0.15) is 33.1 Å². The standard InChI is InChI=1S/C13H24N2O3/c1-4-9(5-2)12(16)15-7-10(13(17)18-3)6-11(14)8-15/h9-11H,4-8,14H2,1-3H3. The predicted octanol–water partition coefficient (Wildman–Crippen LogP) is 0.771. The number of esters is 1. The maximum absolute atomic E-state index is 12.3. The Kier molecular flexibility index (Phi) is 5.59. The van der Waals surface area contributed by atoms with Gasteiger partial charge in [-0.3, -0.25) is 9.59 Å². The topological polar surface area (TPSA) is 72.6 Å². The number of ether oxygens (including phenoxy) is 1. The molecule has 1 aliphatic rings. The van der Waals surface area contributed by atoms with Gasteiger partial charge in [0.25, 0.3) is 0 Å². The Morgan fingerprint density at radius 2 is 1.94 bits per heavy atom. The summed E-state index contributed by atoms with van der Waals surface area (Å²) in [5.74, 6) is -0.401. The molecule has 0 saturated carbocycles. The summed E-state index contributed by atoms with van der Waals surface area (Å²) >= 11 is 0. The van der Waals surface area contributed by atoms with Gasteiger partial charge >= 0.3 is 5.97 Å². The minimum Gasteiger partial charge on any atom is -0.469 e. The van der Waals surface area contributed by atoms with Crippen molar-refractivity contribution in [2.75, 3.05) is 20.2 Å². The zero-order chi connectivity index (χ0) is 13.7. The molecule has 1 amide bonds. The Morgan fingerprint density at radius 3 is 2.44 bits per heavy atom. The molecular formula is C13H24N2O3. The number of carbonyl (C=O) groups is 2. The number of hydrogen-bond donors (Lipinski definition) is 1. The minimum absolute atomic E-state index is 0.0357. The molecule has 2 unspecified atom stereocenters. The van der Waals surface area contributed by atoms with Crippen LogP contribution in [0.4, 0.5) is 0 Å². The van der Waals surface area contributed by atoms with Gasteiger partial charge in [-0.05, 0) is 19.3 Å². The average molecular weight is 256 g/mol. The summed E-state index contributed by atoms with van der Waals surface area (Å²) in [6, 6.07) is -0.138. The van der Waals surface area contributed by atoms with Crippen LogP contribution in [0.3, 0.4) is 0 Å². The predicted molar refractivity (Wildman–Crippen MR) is 68.8 cm³/mol. The molecule has 0 aromatic heterocycles. The van der Waals surface area contributed by atoms with Gasteiger partial charge in [-0.1, -0.05) is 13.8 Å². The van der Waals surface area contributed by atoms with Crippen molar-refractivity contribution >= 4 is 11.9 Å². The van der Waals surface area contributed by atoms with Gasteiger partial charge in [0, 0.05) is 25.0 Å². The molecule has 0 aromatic carbocycles. The molecule has 0 radical (unpaired) electrons. The lowest BCUT2D eigenvalue weighted by Gasteiger charge is -2.36. The van der Waals surface area contributed by atoms with Crippen molar-refractivity contribution in [3.05, 3.63) is 0 Å². The normalized spacial score (nSPS) is 24.2. The van der Waals surface area contributed by atoms with Crippen LogP contribution < -0.4 is 5.73 Å². The van der Waals surface area contributed by atoms with Gasteiger partial charge < -0.3 is 15.4 Å². The van der Waals surface area contributed by atoms with Gasteiger partial charge in [0.05, 0.1) is 13.0 Å². The molecule has 5 heteroatoms. The second kappa shape index (κ2) is 6.73. The molecule has 0 spiro atoms. The van der Waals surface area contributed by atoms with Crippen molar-refractivity contribution < 1.29 is 14.3 Å². The molecule has 0 bridgehead atoms. The van der Waals surface area contributed by atoms with Crippen molar-refractivity contribution in [2.45, 2.75) is 39.2 Å². The maximum Gasteiger partial charge on any atom is 0.310 e. The maximum atomic E-state index is 12.3. The number of nitrogens with zero attached hydrogens (tertiary/aromatic N) is 1. The lowest BCUT2D eigenvalue weighted by atomic mass is 9.92. The van der Waals surface area contributed by atoms with Crippen LogP contribution in [0, 0.1) is 11.8 Å². The van der Waals surface area contributed by atoms with E-state index in [2.05, 4.69) is 0 Å². The van der Waals surface area contributed by atoms with E-state index in [1.165, 1.54) is 7.11 Å². The molecule has 2 N–H and O–H groups in total. The van der Waals surface area contributed by atoms with Crippen LogP contribution in [-0.2, 0) is 14.3 Å². The molecule has 1 rings (SSSR count). The molecule has 1 heterocycles. The van der Waals surface area contributed by atoms with Crippen LogP contribution in [-0.4, -0.2) is 43.0 Å². The molecule has 104 valence electrons. The van der Waals surface area contributed by atoms with Gasteiger partial charge in [-0.25, -0.2) is 0 Å². The molecule has 0 aliphatic carbocycles. The summed E-state index contributed by atoms with van der Waals surface area (Å²) in [7, 11) is 1.37. The van der Waals surface area contributed by atoms with Crippen molar-refractivity contribution in [3.63, 3.8) is 0 Å². The van der Waals surface area contributed by atoms with Crippen LogP contribution in [0.15, 0.2) is 0 Å². The number of amides is 1. The fourth-order valence-electron chi connectivity index (χ4n) is 2.55. The first kappa shape index (κ1) is 15.0. The van der Waals surface area contributed by atoms with Crippen LogP contribution >= 0.6 is 0 Å². The highest BCUT2D eigenvalue weighted by atomic mass is 16.5. The summed E-state index contributed by atoms with van der Waals surface area (Å²) < 4.78 is 4.75. The third-order valence-corrected chi connectivity index (χ3v) is 3.66.